The third kappa shape index (κ3) is 3.32. The van der Waals surface area contributed by atoms with E-state index in [1.807, 2.05) is 6.07 Å². The van der Waals surface area contributed by atoms with Gasteiger partial charge in [0.05, 0.1) is 16.9 Å². The Morgan fingerprint density at radius 1 is 1.21 bits per heavy atom. The number of ether oxygens (including phenoxy) is 1. The van der Waals surface area contributed by atoms with Crippen LogP contribution in [0.25, 0.3) is 6.08 Å². The molecule has 0 spiro atoms. The highest BCUT2D eigenvalue weighted by Gasteiger charge is 2.24. The Morgan fingerprint density at radius 3 is 2.75 bits per heavy atom. The molecule has 0 fully saturated rings. The van der Waals surface area contributed by atoms with Crippen LogP contribution in [-0.2, 0) is 4.79 Å². The second-order valence-corrected chi connectivity index (χ2v) is 6.98. The van der Waals surface area contributed by atoms with Gasteiger partial charge in [0, 0.05) is 17.9 Å². The molecule has 1 aliphatic rings. The Kier molecular flexibility index (Phi) is 4.75. The number of halogens is 1. The van der Waals surface area contributed by atoms with E-state index in [1.165, 1.54) is 35.3 Å². The van der Waals surface area contributed by atoms with E-state index < -0.39 is 5.82 Å². The fourth-order valence-corrected chi connectivity index (χ4v) is 3.78. The van der Waals surface area contributed by atoms with E-state index in [1.54, 1.807) is 41.8 Å². The number of fused-ring (bicyclic) bond motifs is 1. The molecule has 0 unspecified atom stereocenters. The molecule has 4 rings (SSSR count). The summed E-state index contributed by atoms with van der Waals surface area (Å²) in [7, 11) is 0. The van der Waals surface area contributed by atoms with Gasteiger partial charge >= 0.3 is 0 Å². The zero-order valence-corrected chi connectivity index (χ0v) is 15.7. The minimum Gasteiger partial charge on any atom is -0.488 e. The van der Waals surface area contributed by atoms with E-state index in [9.17, 15) is 14.0 Å². The average molecular weight is 394 g/mol. The van der Waals surface area contributed by atoms with Crippen molar-refractivity contribution in [2.75, 3.05) is 11.5 Å². The number of para-hydroxylation sites is 2. The van der Waals surface area contributed by atoms with Crippen molar-refractivity contribution < 1.29 is 18.7 Å². The second-order valence-electron chi connectivity index (χ2n) is 6.14. The summed E-state index contributed by atoms with van der Waals surface area (Å²) in [6.45, 7) is 1.49. The quantitative estimate of drug-likeness (QED) is 0.608. The first kappa shape index (κ1) is 18.1. The van der Waals surface area contributed by atoms with Crippen molar-refractivity contribution in [2.24, 2.45) is 0 Å². The van der Waals surface area contributed by atoms with E-state index in [0.29, 0.717) is 27.7 Å². The van der Waals surface area contributed by atoms with Gasteiger partial charge in [-0.1, -0.05) is 24.3 Å². The smallest absolute Gasteiger partial charge is 0.230 e. The van der Waals surface area contributed by atoms with Gasteiger partial charge < -0.3 is 4.74 Å². The molecule has 5 nitrogen and oxygen atoms in total. The number of carbonyl (C=O) groups excluding carboxylic acids is 2. The summed E-state index contributed by atoms with van der Waals surface area (Å²) in [5.41, 5.74) is 1.62. The van der Waals surface area contributed by atoms with Crippen LogP contribution in [0, 0.1) is 5.82 Å². The molecule has 2 aromatic carbocycles. The number of nitrogens with zero attached hydrogens (tertiary/aromatic N) is 2. The van der Waals surface area contributed by atoms with Gasteiger partial charge in [0.15, 0.2) is 10.9 Å². The Bertz CT molecular complexity index is 1110. The van der Waals surface area contributed by atoms with Gasteiger partial charge in [-0.25, -0.2) is 9.37 Å². The predicted octanol–water partition coefficient (Wildman–Crippen LogP) is 4.63. The summed E-state index contributed by atoms with van der Waals surface area (Å²) in [4.78, 5) is 30.4. The standard InChI is InChI=1S/C21H15FN2O3S/c1-13(25)24(18-8-4-3-7-17(18)22)21-23-15(12-28-21)10-14-11-27-19-9-5-2-6-16(19)20(14)26/h2-10,12H,11H2,1H3/b14-10-. The zero-order chi connectivity index (χ0) is 19.7. The van der Waals surface area contributed by atoms with Crippen LogP contribution in [0.15, 0.2) is 59.5 Å². The van der Waals surface area contributed by atoms with E-state index in [2.05, 4.69) is 4.98 Å². The molecule has 0 radical (unpaired) electrons. The summed E-state index contributed by atoms with van der Waals surface area (Å²) in [5.74, 6) is -0.426. The summed E-state index contributed by atoms with van der Waals surface area (Å²) < 4.78 is 19.8. The largest absolute Gasteiger partial charge is 0.488 e. The van der Waals surface area contributed by atoms with Crippen LogP contribution in [0.5, 0.6) is 5.75 Å². The van der Waals surface area contributed by atoms with Gasteiger partial charge in [-0.2, -0.15) is 0 Å². The maximum atomic E-state index is 14.2. The van der Waals surface area contributed by atoms with Crippen molar-refractivity contribution in [3.05, 3.63) is 76.6 Å². The van der Waals surface area contributed by atoms with Crippen LogP contribution in [0.3, 0.4) is 0 Å². The molecule has 0 N–H and O–H groups in total. The predicted molar refractivity (Wildman–Crippen MR) is 106 cm³/mol. The van der Waals surface area contributed by atoms with E-state index in [-0.39, 0.29) is 24.0 Å². The van der Waals surface area contributed by atoms with Crippen molar-refractivity contribution in [2.45, 2.75) is 6.92 Å². The Balaban J connectivity index is 1.66. The number of rotatable bonds is 3. The van der Waals surface area contributed by atoms with Crippen LogP contribution < -0.4 is 9.64 Å². The van der Waals surface area contributed by atoms with Crippen molar-refractivity contribution in [1.82, 2.24) is 4.98 Å². The minimum atomic E-state index is -0.514. The number of aromatic nitrogens is 1. The number of amides is 1. The Labute approximate surface area is 164 Å². The molecule has 0 saturated heterocycles. The van der Waals surface area contributed by atoms with Gasteiger partial charge in [-0.15, -0.1) is 11.3 Å². The third-order valence-electron chi connectivity index (χ3n) is 4.24. The van der Waals surface area contributed by atoms with Gasteiger partial charge in [0.2, 0.25) is 5.91 Å². The minimum absolute atomic E-state index is 0.117. The van der Waals surface area contributed by atoms with E-state index in [0.717, 1.165) is 0 Å². The lowest BCUT2D eigenvalue weighted by molar-refractivity contribution is -0.115. The third-order valence-corrected chi connectivity index (χ3v) is 5.08. The first-order valence-electron chi connectivity index (χ1n) is 8.52. The molecule has 140 valence electrons. The Morgan fingerprint density at radius 2 is 1.96 bits per heavy atom. The summed E-state index contributed by atoms with van der Waals surface area (Å²) in [6.07, 6.45) is 1.64. The lowest BCUT2D eigenvalue weighted by atomic mass is 10.00. The van der Waals surface area contributed by atoms with Gasteiger partial charge in [0.25, 0.3) is 0 Å². The molecule has 1 aliphatic heterocycles. The van der Waals surface area contributed by atoms with Crippen LogP contribution >= 0.6 is 11.3 Å². The molecule has 1 amide bonds. The number of benzene rings is 2. The van der Waals surface area contributed by atoms with Crippen LogP contribution in [0.1, 0.15) is 23.0 Å². The normalized spacial score (nSPS) is 14.5. The summed E-state index contributed by atoms with van der Waals surface area (Å²) >= 11 is 1.20. The molecule has 3 aromatic rings. The van der Waals surface area contributed by atoms with Crippen molar-refractivity contribution >= 4 is 39.9 Å². The maximum absolute atomic E-state index is 14.2. The number of Topliss-reactive ketones (excluding diaryl/α,β-unsaturated/α-hetero) is 1. The van der Waals surface area contributed by atoms with Crippen LogP contribution in [0.2, 0.25) is 0 Å². The van der Waals surface area contributed by atoms with E-state index >= 15 is 0 Å². The van der Waals surface area contributed by atoms with Gasteiger partial charge in [-0.3, -0.25) is 14.5 Å². The molecule has 0 atom stereocenters. The van der Waals surface area contributed by atoms with Crippen molar-refractivity contribution in [3.63, 3.8) is 0 Å². The molecule has 28 heavy (non-hydrogen) atoms. The fraction of sp³-hybridized carbons (Fsp3) is 0.0952. The monoisotopic (exact) mass is 394 g/mol. The number of thiazole rings is 1. The first-order valence-corrected chi connectivity index (χ1v) is 9.40. The van der Waals surface area contributed by atoms with Crippen molar-refractivity contribution in [3.8, 4) is 5.75 Å². The molecule has 7 heteroatoms. The van der Waals surface area contributed by atoms with Crippen molar-refractivity contribution in [1.29, 1.82) is 0 Å². The number of carbonyl (C=O) groups is 2. The average Bonchev–Trinajstić information content (AvgIpc) is 3.14. The lowest BCUT2D eigenvalue weighted by Gasteiger charge is -2.18. The number of hydrogen-bond donors (Lipinski definition) is 0. The lowest BCUT2D eigenvalue weighted by Crippen LogP contribution is -2.23. The summed E-state index contributed by atoms with van der Waals surface area (Å²) in [6, 6.07) is 13.1. The molecule has 0 aliphatic carbocycles. The molecule has 2 heterocycles. The molecular weight excluding hydrogens is 379 g/mol. The molecular formula is C21H15FN2O3S. The van der Waals surface area contributed by atoms with Gasteiger partial charge in [-0.05, 0) is 30.3 Å². The molecule has 1 aromatic heterocycles. The van der Waals surface area contributed by atoms with Crippen LogP contribution in [0.4, 0.5) is 15.2 Å². The maximum Gasteiger partial charge on any atom is 0.230 e. The van der Waals surface area contributed by atoms with Crippen LogP contribution in [-0.4, -0.2) is 23.3 Å². The molecule has 0 bridgehead atoms. The highest BCUT2D eigenvalue weighted by molar-refractivity contribution is 7.14. The topological polar surface area (TPSA) is 59.5 Å². The summed E-state index contributed by atoms with van der Waals surface area (Å²) in [5, 5.41) is 2.04. The second kappa shape index (κ2) is 7.36. The zero-order valence-electron chi connectivity index (χ0n) is 14.9. The number of ketones is 1. The number of hydrogen-bond acceptors (Lipinski definition) is 5. The molecule has 0 saturated carbocycles. The van der Waals surface area contributed by atoms with Gasteiger partial charge in [0.1, 0.15) is 18.2 Å². The highest BCUT2D eigenvalue weighted by atomic mass is 32.1. The van der Waals surface area contributed by atoms with E-state index in [4.69, 9.17) is 4.74 Å². The Hall–Kier alpha value is -3.32. The fourth-order valence-electron chi connectivity index (χ4n) is 2.95. The first-order chi connectivity index (χ1) is 13.5. The highest BCUT2D eigenvalue weighted by Crippen LogP contribution is 2.32. The number of anilines is 2. The SMILES string of the molecule is CC(=O)N(c1nc(/C=C2/COc3ccccc3C2=O)cs1)c1ccccc1F.